The highest BCUT2D eigenvalue weighted by atomic mass is 35.5. The third-order valence-electron chi connectivity index (χ3n) is 5.04. The number of ketones is 1. The predicted molar refractivity (Wildman–Crippen MR) is 118 cm³/mol. The van der Waals surface area contributed by atoms with Crippen LogP contribution in [-0.4, -0.2) is 23.9 Å². The molecule has 1 amide bonds. The summed E-state index contributed by atoms with van der Waals surface area (Å²) in [4.78, 5) is 28.4. The maximum Gasteiger partial charge on any atom is 0.300 e. The van der Waals surface area contributed by atoms with Gasteiger partial charge in [0, 0.05) is 15.6 Å². The maximum absolute atomic E-state index is 13.1. The van der Waals surface area contributed by atoms with E-state index < -0.39 is 17.7 Å². The van der Waals surface area contributed by atoms with Crippen LogP contribution in [0.5, 0.6) is 5.75 Å². The number of para-hydroxylation sites is 1. The number of amides is 1. The summed E-state index contributed by atoms with van der Waals surface area (Å²) < 4.78 is 5.34. The Kier molecular flexibility index (Phi) is 5.37. The van der Waals surface area contributed by atoms with Gasteiger partial charge in [-0.25, -0.2) is 0 Å². The highest BCUT2D eigenvalue weighted by Crippen LogP contribution is 2.45. The average molecular weight is 440 g/mol. The molecule has 5 nitrogen and oxygen atoms in total. The second-order valence-corrected chi connectivity index (χ2v) is 8.23. The van der Waals surface area contributed by atoms with E-state index in [0.717, 1.165) is 10.4 Å². The number of carbonyl (C=O) groups is 2. The van der Waals surface area contributed by atoms with Gasteiger partial charge in [0.05, 0.1) is 18.2 Å². The van der Waals surface area contributed by atoms with Crippen molar-refractivity contribution in [2.24, 2.45) is 0 Å². The normalized spacial score (nSPS) is 18.1. The van der Waals surface area contributed by atoms with E-state index in [1.165, 1.54) is 23.3 Å². The molecule has 1 unspecified atom stereocenters. The fourth-order valence-corrected chi connectivity index (χ4v) is 4.72. The Morgan fingerprint density at radius 3 is 2.57 bits per heavy atom. The number of aliphatic hydroxyl groups is 1. The zero-order valence-electron chi connectivity index (χ0n) is 16.3. The van der Waals surface area contributed by atoms with E-state index >= 15 is 0 Å². The van der Waals surface area contributed by atoms with Crippen LogP contribution in [0.3, 0.4) is 0 Å². The van der Waals surface area contributed by atoms with Crippen molar-refractivity contribution in [3.8, 4) is 5.75 Å². The second-order valence-electron chi connectivity index (χ2n) is 6.82. The predicted octanol–water partition coefficient (Wildman–Crippen LogP) is 5.34. The van der Waals surface area contributed by atoms with Gasteiger partial charge in [-0.05, 0) is 54.3 Å². The minimum Gasteiger partial charge on any atom is -0.507 e. The molecule has 1 aromatic heterocycles. The third kappa shape index (κ3) is 3.28. The Balaban J connectivity index is 1.97. The zero-order valence-corrected chi connectivity index (χ0v) is 17.8. The molecule has 1 aliphatic heterocycles. The van der Waals surface area contributed by atoms with Crippen LogP contribution in [-0.2, 0) is 9.59 Å². The Morgan fingerprint density at radius 1 is 1.13 bits per heavy atom. The van der Waals surface area contributed by atoms with E-state index in [1.807, 2.05) is 24.4 Å². The van der Waals surface area contributed by atoms with E-state index in [2.05, 4.69) is 0 Å². The van der Waals surface area contributed by atoms with Crippen molar-refractivity contribution in [1.82, 2.24) is 0 Å². The fraction of sp³-hybridized carbons (Fsp3) is 0.130. The van der Waals surface area contributed by atoms with Crippen molar-refractivity contribution in [2.75, 3.05) is 12.0 Å². The van der Waals surface area contributed by atoms with E-state index in [-0.39, 0.29) is 11.3 Å². The monoisotopic (exact) mass is 439 g/mol. The number of hydrogen-bond donors (Lipinski definition) is 1. The van der Waals surface area contributed by atoms with Crippen molar-refractivity contribution >= 4 is 46.1 Å². The van der Waals surface area contributed by atoms with Gasteiger partial charge in [-0.1, -0.05) is 29.8 Å². The Bertz CT molecular complexity index is 1170. The molecule has 0 spiro atoms. The van der Waals surface area contributed by atoms with Crippen molar-refractivity contribution in [3.63, 3.8) is 0 Å². The van der Waals surface area contributed by atoms with Crippen LogP contribution < -0.4 is 9.64 Å². The maximum atomic E-state index is 13.1. The summed E-state index contributed by atoms with van der Waals surface area (Å²) in [5.74, 6) is -1.30. The SMILES string of the molecule is COc1ccccc1/C(O)=C1/C(=O)C(=O)N(c2ccc(Cl)cc2C)C1c1cccs1. The summed E-state index contributed by atoms with van der Waals surface area (Å²) in [6.07, 6.45) is 0. The molecular formula is C23H18ClNO4S. The first kappa shape index (κ1) is 20.2. The van der Waals surface area contributed by atoms with Gasteiger partial charge in [0.1, 0.15) is 17.6 Å². The minimum atomic E-state index is -0.755. The number of aryl methyl sites for hydroxylation is 1. The molecule has 2 aromatic carbocycles. The molecule has 1 fully saturated rings. The van der Waals surface area contributed by atoms with Gasteiger partial charge in [0.15, 0.2) is 0 Å². The lowest BCUT2D eigenvalue weighted by Gasteiger charge is -2.25. The summed E-state index contributed by atoms with van der Waals surface area (Å²) in [6.45, 7) is 1.83. The minimum absolute atomic E-state index is 0.0290. The quantitative estimate of drug-likeness (QED) is 0.338. The van der Waals surface area contributed by atoms with Gasteiger partial charge in [0.2, 0.25) is 0 Å². The van der Waals surface area contributed by atoms with Gasteiger partial charge < -0.3 is 9.84 Å². The van der Waals surface area contributed by atoms with Gasteiger partial charge in [-0.2, -0.15) is 0 Å². The topological polar surface area (TPSA) is 66.8 Å². The summed E-state index contributed by atoms with van der Waals surface area (Å²) in [5.41, 5.74) is 1.70. The first-order valence-corrected chi connectivity index (χ1v) is 10.4. The van der Waals surface area contributed by atoms with Crippen LogP contribution in [0.15, 0.2) is 65.6 Å². The Labute approximate surface area is 182 Å². The number of anilines is 1. The summed E-state index contributed by atoms with van der Waals surface area (Å²) >= 11 is 7.49. The number of Topliss-reactive ketones (excluding diaryl/α,β-unsaturated/α-hetero) is 1. The number of carbonyl (C=O) groups excluding carboxylic acids is 2. The van der Waals surface area contributed by atoms with Gasteiger partial charge in [0.25, 0.3) is 11.7 Å². The molecule has 3 aromatic rings. The number of methoxy groups -OCH3 is 1. The number of ether oxygens (including phenoxy) is 1. The van der Waals surface area contributed by atoms with Crippen LogP contribution in [0.1, 0.15) is 22.0 Å². The molecule has 30 heavy (non-hydrogen) atoms. The second kappa shape index (κ2) is 7.97. The highest BCUT2D eigenvalue weighted by Gasteiger charge is 2.48. The van der Waals surface area contributed by atoms with Crippen molar-refractivity contribution in [1.29, 1.82) is 0 Å². The summed E-state index contributed by atoms with van der Waals surface area (Å²) in [6, 6.07) is 14.9. The summed E-state index contributed by atoms with van der Waals surface area (Å²) in [7, 11) is 1.48. The molecule has 152 valence electrons. The van der Waals surface area contributed by atoms with Crippen molar-refractivity contribution in [2.45, 2.75) is 13.0 Å². The van der Waals surface area contributed by atoms with Crippen LogP contribution in [0, 0.1) is 6.92 Å². The van der Waals surface area contributed by atoms with Gasteiger partial charge in [-0.3, -0.25) is 14.5 Å². The summed E-state index contributed by atoms with van der Waals surface area (Å²) in [5, 5.41) is 13.6. The lowest BCUT2D eigenvalue weighted by atomic mass is 9.99. The molecule has 0 bridgehead atoms. The zero-order chi connectivity index (χ0) is 21.4. The largest absolute Gasteiger partial charge is 0.507 e. The fourth-order valence-electron chi connectivity index (χ4n) is 3.67. The van der Waals surface area contributed by atoms with Crippen LogP contribution in [0.25, 0.3) is 5.76 Å². The number of hydrogen-bond acceptors (Lipinski definition) is 5. The molecule has 4 rings (SSSR count). The number of rotatable bonds is 4. The van der Waals surface area contributed by atoms with E-state index in [1.54, 1.807) is 42.5 Å². The molecule has 7 heteroatoms. The highest BCUT2D eigenvalue weighted by molar-refractivity contribution is 7.10. The number of benzene rings is 2. The van der Waals surface area contributed by atoms with Gasteiger partial charge in [-0.15, -0.1) is 11.3 Å². The van der Waals surface area contributed by atoms with Crippen LogP contribution in [0.4, 0.5) is 5.69 Å². The number of thiophene rings is 1. The number of aliphatic hydroxyl groups excluding tert-OH is 1. The molecule has 1 N–H and O–H groups in total. The first-order chi connectivity index (χ1) is 14.4. The molecule has 1 atom stereocenters. The Morgan fingerprint density at radius 2 is 1.90 bits per heavy atom. The molecule has 0 saturated carbocycles. The number of halogens is 1. The molecule has 2 heterocycles. The lowest BCUT2D eigenvalue weighted by Crippen LogP contribution is -2.29. The number of nitrogens with zero attached hydrogens (tertiary/aromatic N) is 1. The average Bonchev–Trinajstić information content (AvgIpc) is 3.35. The molecular weight excluding hydrogens is 422 g/mol. The molecule has 0 aliphatic carbocycles. The van der Waals surface area contributed by atoms with E-state index in [9.17, 15) is 14.7 Å². The third-order valence-corrected chi connectivity index (χ3v) is 6.20. The smallest absolute Gasteiger partial charge is 0.300 e. The van der Waals surface area contributed by atoms with Crippen LogP contribution in [0.2, 0.25) is 5.02 Å². The van der Waals surface area contributed by atoms with E-state index in [0.29, 0.717) is 22.0 Å². The first-order valence-electron chi connectivity index (χ1n) is 9.18. The molecule has 1 saturated heterocycles. The van der Waals surface area contributed by atoms with Crippen LogP contribution >= 0.6 is 22.9 Å². The van der Waals surface area contributed by atoms with Crippen molar-refractivity contribution in [3.05, 3.63) is 86.6 Å². The molecule has 1 aliphatic rings. The van der Waals surface area contributed by atoms with Crippen molar-refractivity contribution < 1.29 is 19.4 Å². The molecule has 0 radical (unpaired) electrons. The lowest BCUT2D eigenvalue weighted by molar-refractivity contribution is -0.132. The van der Waals surface area contributed by atoms with Gasteiger partial charge >= 0.3 is 0 Å². The van der Waals surface area contributed by atoms with E-state index in [4.69, 9.17) is 16.3 Å². The Hall–Kier alpha value is -3.09. The standard InChI is InChI=1S/C23H18ClNO4S/c1-13-12-14(24)9-10-16(13)25-20(18-8-5-11-30-18)19(22(27)23(25)28)21(26)15-6-3-4-7-17(15)29-2/h3-12,20,26H,1-2H3/b21-19-.